The monoisotopic (exact) mass is 435 g/mol. The van der Waals surface area contributed by atoms with Gasteiger partial charge in [0, 0.05) is 23.1 Å². The fourth-order valence-corrected chi connectivity index (χ4v) is 5.53. The van der Waals surface area contributed by atoms with Crippen LogP contribution in [0.25, 0.3) is 0 Å². The highest BCUT2D eigenvalue weighted by Crippen LogP contribution is 2.35. The molecule has 1 fully saturated rings. The average molecular weight is 436 g/mol. The van der Waals surface area contributed by atoms with E-state index in [1.807, 2.05) is 11.4 Å². The van der Waals surface area contributed by atoms with Crippen LogP contribution < -0.4 is 0 Å². The molecule has 0 saturated heterocycles. The molecule has 4 nitrogen and oxygen atoms in total. The fourth-order valence-electron chi connectivity index (χ4n) is 3.87. The summed E-state index contributed by atoms with van der Waals surface area (Å²) in [5, 5.41) is 21.9. The number of hydrogen-bond donors (Lipinski definition) is 1. The topological polar surface area (TPSA) is 50.9 Å². The van der Waals surface area contributed by atoms with Crippen LogP contribution in [0.5, 0.6) is 0 Å². The minimum atomic E-state index is -1.25. The molecule has 2 heterocycles. The molecule has 154 valence electrons. The smallest absolute Gasteiger partial charge is 0.191 e. The summed E-state index contributed by atoms with van der Waals surface area (Å²) in [7, 11) is 0. The summed E-state index contributed by atoms with van der Waals surface area (Å²) in [6.45, 7) is 0. The van der Waals surface area contributed by atoms with Crippen LogP contribution in [0.1, 0.15) is 60.5 Å². The Bertz CT molecular complexity index is 919. The van der Waals surface area contributed by atoms with Gasteiger partial charge >= 0.3 is 0 Å². The molecular weight excluding hydrogens is 412 g/mol. The van der Waals surface area contributed by atoms with Gasteiger partial charge in [0.05, 0.1) is 11.7 Å². The summed E-state index contributed by atoms with van der Waals surface area (Å²) < 4.78 is 30.1. The Morgan fingerprint density at radius 3 is 2.55 bits per heavy atom. The molecular formula is C21H23F2N3OS2. The lowest BCUT2D eigenvalue weighted by Crippen LogP contribution is -2.17. The summed E-state index contributed by atoms with van der Waals surface area (Å²) in [6, 6.07) is 8.06. The Morgan fingerprint density at radius 1 is 1.10 bits per heavy atom. The van der Waals surface area contributed by atoms with Crippen LogP contribution >= 0.6 is 23.1 Å². The molecule has 1 unspecified atom stereocenters. The summed E-state index contributed by atoms with van der Waals surface area (Å²) in [5.41, 5.74) is -0.289. The second kappa shape index (κ2) is 9.36. The van der Waals surface area contributed by atoms with Crippen molar-refractivity contribution in [3.8, 4) is 0 Å². The SMILES string of the molecule is OC(CSc1nnc(Cc2cccs2)n1C1CCCCC1)c1c(F)cccc1F. The first kappa shape index (κ1) is 20.5. The number of thiophene rings is 1. The zero-order valence-corrected chi connectivity index (χ0v) is 17.6. The van der Waals surface area contributed by atoms with Gasteiger partial charge in [-0.05, 0) is 36.4 Å². The molecule has 2 aromatic heterocycles. The van der Waals surface area contributed by atoms with E-state index < -0.39 is 17.7 Å². The third-order valence-corrected chi connectivity index (χ3v) is 7.19. The number of thioether (sulfide) groups is 1. The number of nitrogens with zero attached hydrogens (tertiary/aromatic N) is 3. The van der Waals surface area contributed by atoms with Gasteiger partial charge in [0.15, 0.2) is 5.16 Å². The van der Waals surface area contributed by atoms with Crippen LogP contribution in [0, 0.1) is 11.6 Å². The first-order valence-electron chi connectivity index (χ1n) is 9.84. The van der Waals surface area contributed by atoms with E-state index >= 15 is 0 Å². The lowest BCUT2D eigenvalue weighted by atomic mass is 9.95. The van der Waals surface area contributed by atoms with Gasteiger partial charge in [-0.2, -0.15) is 0 Å². The largest absolute Gasteiger partial charge is 0.387 e. The Balaban J connectivity index is 1.55. The molecule has 8 heteroatoms. The van der Waals surface area contributed by atoms with Crippen molar-refractivity contribution in [3.05, 3.63) is 63.6 Å². The minimum absolute atomic E-state index is 0.113. The van der Waals surface area contributed by atoms with Crippen molar-refractivity contribution in [2.75, 3.05) is 5.75 Å². The third kappa shape index (κ3) is 4.70. The summed E-state index contributed by atoms with van der Waals surface area (Å²) in [5.74, 6) is -0.439. The van der Waals surface area contributed by atoms with Gasteiger partial charge in [-0.15, -0.1) is 21.5 Å². The predicted octanol–water partition coefficient (Wildman–Crippen LogP) is 5.54. The number of aromatic nitrogens is 3. The molecule has 1 aromatic carbocycles. The fraction of sp³-hybridized carbons (Fsp3) is 0.429. The molecule has 1 atom stereocenters. The molecule has 0 bridgehead atoms. The van der Waals surface area contributed by atoms with Crippen molar-refractivity contribution in [2.45, 2.75) is 55.8 Å². The van der Waals surface area contributed by atoms with Crippen molar-refractivity contribution in [1.29, 1.82) is 0 Å². The number of aliphatic hydroxyl groups excluding tert-OH is 1. The standard InChI is InChI=1S/C21H23F2N3OS2/c22-16-9-4-10-17(23)20(16)18(27)13-29-21-25-24-19(12-15-8-5-11-28-15)26(21)14-6-2-1-3-7-14/h4-5,8-11,14,18,27H,1-3,6-7,12-13H2. The molecule has 4 rings (SSSR count). The second-order valence-corrected chi connectivity index (χ2v) is 9.30. The minimum Gasteiger partial charge on any atom is -0.387 e. The van der Waals surface area contributed by atoms with E-state index in [1.165, 1.54) is 42.0 Å². The van der Waals surface area contributed by atoms with E-state index in [-0.39, 0.29) is 11.3 Å². The predicted molar refractivity (Wildman–Crippen MR) is 111 cm³/mol. The van der Waals surface area contributed by atoms with Crippen LogP contribution in [0.3, 0.4) is 0 Å². The highest BCUT2D eigenvalue weighted by molar-refractivity contribution is 7.99. The van der Waals surface area contributed by atoms with Crippen LogP contribution in [-0.4, -0.2) is 25.6 Å². The number of rotatable bonds is 7. The van der Waals surface area contributed by atoms with Crippen molar-refractivity contribution in [3.63, 3.8) is 0 Å². The molecule has 1 aliphatic carbocycles. The Morgan fingerprint density at radius 2 is 1.86 bits per heavy atom. The molecule has 0 aliphatic heterocycles. The van der Waals surface area contributed by atoms with Crippen molar-refractivity contribution >= 4 is 23.1 Å². The molecule has 3 aromatic rings. The van der Waals surface area contributed by atoms with E-state index in [0.29, 0.717) is 17.6 Å². The van der Waals surface area contributed by atoms with E-state index in [9.17, 15) is 13.9 Å². The highest BCUT2D eigenvalue weighted by atomic mass is 32.2. The maximum absolute atomic E-state index is 14.0. The van der Waals surface area contributed by atoms with Gasteiger partial charge in [-0.3, -0.25) is 0 Å². The number of halogens is 2. The molecule has 1 saturated carbocycles. The van der Waals surface area contributed by atoms with Crippen molar-refractivity contribution < 1.29 is 13.9 Å². The van der Waals surface area contributed by atoms with Crippen LogP contribution in [0.2, 0.25) is 0 Å². The third-order valence-electron chi connectivity index (χ3n) is 5.29. The van der Waals surface area contributed by atoms with E-state index in [4.69, 9.17) is 0 Å². The molecule has 0 amide bonds. The number of aliphatic hydroxyl groups is 1. The zero-order valence-electron chi connectivity index (χ0n) is 15.9. The zero-order chi connectivity index (χ0) is 20.2. The summed E-state index contributed by atoms with van der Waals surface area (Å²) in [6.07, 6.45) is 5.21. The normalized spacial score (nSPS) is 16.2. The van der Waals surface area contributed by atoms with E-state index in [1.54, 1.807) is 11.3 Å². The summed E-state index contributed by atoms with van der Waals surface area (Å²) in [4.78, 5) is 1.22. The van der Waals surface area contributed by atoms with Crippen molar-refractivity contribution in [2.24, 2.45) is 0 Å². The van der Waals surface area contributed by atoms with Gasteiger partial charge in [0.1, 0.15) is 17.5 Å². The highest BCUT2D eigenvalue weighted by Gasteiger charge is 2.25. The lowest BCUT2D eigenvalue weighted by Gasteiger charge is -2.25. The van der Waals surface area contributed by atoms with E-state index in [0.717, 1.165) is 30.8 Å². The van der Waals surface area contributed by atoms with Gasteiger partial charge < -0.3 is 9.67 Å². The average Bonchev–Trinajstić information content (AvgIpc) is 3.37. The molecule has 0 spiro atoms. The second-order valence-electron chi connectivity index (χ2n) is 7.28. The van der Waals surface area contributed by atoms with E-state index in [2.05, 4.69) is 20.8 Å². The Kier molecular flexibility index (Phi) is 6.62. The molecule has 1 N–H and O–H groups in total. The quantitative estimate of drug-likeness (QED) is 0.495. The van der Waals surface area contributed by atoms with Gasteiger partial charge in [0.2, 0.25) is 0 Å². The Labute approximate surface area is 177 Å². The van der Waals surface area contributed by atoms with Gasteiger partial charge in [-0.25, -0.2) is 8.78 Å². The first-order chi connectivity index (χ1) is 14.1. The number of hydrogen-bond acceptors (Lipinski definition) is 5. The van der Waals surface area contributed by atoms with Crippen molar-refractivity contribution in [1.82, 2.24) is 14.8 Å². The van der Waals surface area contributed by atoms with Gasteiger partial charge in [-0.1, -0.05) is 43.2 Å². The summed E-state index contributed by atoms with van der Waals surface area (Å²) >= 11 is 2.99. The van der Waals surface area contributed by atoms with Crippen LogP contribution in [0.15, 0.2) is 40.9 Å². The maximum Gasteiger partial charge on any atom is 0.191 e. The van der Waals surface area contributed by atoms with Gasteiger partial charge in [0.25, 0.3) is 0 Å². The molecule has 29 heavy (non-hydrogen) atoms. The maximum atomic E-state index is 14.0. The molecule has 0 radical (unpaired) electrons. The first-order valence-corrected chi connectivity index (χ1v) is 11.7. The lowest BCUT2D eigenvalue weighted by molar-refractivity contribution is 0.193. The number of benzene rings is 1. The van der Waals surface area contributed by atoms with Crippen LogP contribution in [-0.2, 0) is 6.42 Å². The molecule has 1 aliphatic rings. The van der Waals surface area contributed by atoms with Crippen LogP contribution in [0.4, 0.5) is 8.78 Å². The Hall–Kier alpha value is -1.77.